The molecule has 0 aliphatic carbocycles. The van der Waals surface area contributed by atoms with E-state index in [0.717, 1.165) is 35.4 Å². The van der Waals surface area contributed by atoms with Gasteiger partial charge in [-0.05, 0) is 55.3 Å². The zero-order chi connectivity index (χ0) is 15.1. The normalized spacial score (nSPS) is 12.1. The van der Waals surface area contributed by atoms with Gasteiger partial charge in [0.15, 0.2) is 0 Å². The first kappa shape index (κ1) is 16.1. The van der Waals surface area contributed by atoms with Crippen LogP contribution in [-0.2, 0) is 0 Å². The number of hydrogen-bond donors (Lipinski definition) is 1. The van der Waals surface area contributed by atoms with Crippen molar-refractivity contribution in [1.82, 2.24) is 5.32 Å². The third kappa shape index (κ3) is 4.87. The molecule has 0 fully saturated rings. The maximum atomic E-state index is 5.94. The van der Waals surface area contributed by atoms with Gasteiger partial charge in [-0.15, -0.1) is 0 Å². The van der Waals surface area contributed by atoms with Crippen molar-refractivity contribution in [2.75, 3.05) is 6.54 Å². The van der Waals surface area contributed by atoms with Gasteiger partial charge in [0.1, 0.15) is 11.5 Å². The average Bonchev–Trinajstić information content (AvgIpc) is 2.48. The van der Waals surface area contributed by atoms with Gasteiger partial charge in [0.05, 0.1) is 0 Å². The van der Waals surface area contributed by atoms with Crippen molar-refractivity contribution in [3.05, 3.63) is 58.6 Å². The summed E-state index contributed by atoms with van der Waals surface area (Å²) >= 11 is 3.46. The lowest BCUT2D eigenvalue weighted by molar-refractivity contribution is 0.476. The van der Waals surface area contributed by atoms with Crippen molar-refractivity contribution in [1.29, 1.82) is 0 Å². The fourth-order valence-electron chi connectivity index (χ4n) is 2.28. The van der Waals surface area contributed by atoms with E-state index >= 15 is 0 Å². The Bertz CT molecular complexity index is 571. The molecule has 0 aliphatic heterocycles. The van der Waals surface area contributed by atoms with Gasteiger partial charge in [-0.1, -0.05) is 48.0 Å². The third-order valence-electron chi connectivity index (χ3n) is 3.34. The lowest BCUT2D eigenvalue weighted by atomic mass is 10.0. The third-order valence-corrected chi connectivity index (χ3v) is 3.83. The fourth-order valence-corrected chi connectivity index (χ4v) is 2.66. The summed E-state index contributed by atoms with van der Waals surface area (Å²) in [6.45, 7) is 5.43. The molecule has 3 heteroatoms. The number of halogens is 1. The maximum Gasteiger partial charge on any atom is 0.128 e. The van der Waals surface area contributed by atoms with Gasteiger partial charge in [0.25, 0.3) is 0 Å². The Hall–Kier alpha value is -1.32. The molecule has 2 rings (SSSR count). The highest BCUT2D eigenvalue weighted by Gasteiger charge is 2.09. The minimum atomic E-state index is 0.385. The van der Waals surface area contributed by atoms with Crippen molar-refractivity contribution < 1.29 is 4.74 Å². The predicted molar refractivity (Wildman–Crippen MR) is 92.0 cm³/mol. The van der Waals surface area contributed by atoms with Gasteiger partial charge in [-0.25, -0.2) is 0 Å². The van der Waals surface area contributed by atoms with E-state index in [1.165, 1.54) is 5.56 Å². The van der Waals surface area contributed by atoms with E-state index in [4.69, 9.17) is 4.74 Å². The summed E-state index contributed by atoms with van der Waals surface area (Å²) < 4.78 is 6.96. The summed E-state index contributed by atoms with van der Waals surface area (Å²) in [6, 6.07) is 16.6. The summed E-state index contributed by atoms with van der Waals surface area (Å²) in [5.41, 5.74) is 1.28. The van der Waals surface area contributed by atoms with Crippen LogP contribution < -0.4 is 10.1 Å². The van der Waals surface area contributed by atoms with Gasteiger partial charge in [-0.2, -0.15) is 0 Å². The summed E-state index contributed by atoms with van der Waals surface area (Å²) in [7, 11) is 0. The molecule has 0 aromatic heterocycles. The first-order valence-electron chi connectivity index (χ1n) is 7.49. The standard InChI is InChI=1S/C18H22BrNO/c1-3-11-20-18(4-2)14-7-5-9-16(12-14)21-17-10-6-8-15(19)13-17/h5-10,12-13,18,20H,3-4,11H2,1-2H3. The zero-order valence-electron chi connectivity index (χ0n) is 12.6. The highest BCUT2D eigenvalue weighted by Crippen LogP contribution is 2.27. The summed E-state index contributed by atoms with van der Waals surface area (Å²) in [5.74, 6) is 1.72. The van der Waals surface area contributed by atoms with Crippen molar-refractivity contribution in [3.8, 4) is 11.5 Å². The van der Waals surface area contributed by atoms with Crippen molar-refractivity contribution >= 4 is 15.9 Å². The second-order valence-corrected chi connectivity index (χ2v) is 5.96. The van der Waals surface area contributed by atoms with E-state index < -0.39 is 0 Å². The van der Waals surface area contributed by atoms with Gasteiger partial charge >= 0.3 is 0 Å². The average molecular weight is 348 g/mol. The molecule has 2 nitrogen and oxygen atoms in total. The molecule has 2 aromatic carbocycles. The summed E-state index contributed by atoms with van der Waals surface area (Å²) in [6.07, 6.45) is 2.21. The van der Waals surface area contributed by atoms with Crippen molar-refractivity contribution in [2.24, 2.45) is 0 Å². The molecular weight excluding hydrogens is 326 g/mol. The van der Waals surface area contributed by atoms with Gasteiger partial charge in [-0.3, -0.25) is 0 Å². The minimum absolute atomic E-state index is 0.385. The van der Waals surface area contributed by atoms with Gasteiger partial charge in [0.2, 0.25) is 0 Å². The van der Waals surface area contributed by atoms with Crippen LogP contribution in [0.25, 0.3) is 0 Å². The van der Waals surface area contributed by atoms with Crippen LogP contribution in [0.4, 0.5) is 0 Å². The molecule has 1 N–H and O–H groups in total. The zero-order valence-corrected chi connectivity index (χ0v) is 14.2. The van der Waals surface area contributed by atoms with E-state index in [1.54, 1.807) is 0 Å². The molecule has 0 bridgehead atoms. The Morgan fingerprint density at radius 3 is 2.43 bits per heavy atom. The number of nitrogens with one attached hydrogen (secondary N) is 1. The smallest absolute Gasteiger partial charge is 0.128 e. The molecular formula is C18H22BrNO. The summed E-state index contributed by atoms with van der Waals surface area (Å²) in [5, 5.41) is 3.57. The van der Waals surface area contributed by atoms with Crippen LogP contribution in [0.1, 0.15) is 38.3 Å². The number of rotatable bonds is 7. The molecule has 0 heterocycles. The Morgan fingerprint density at radius 2 is 1.76 bits per heavy atom. The molecule has 0 saturated carbocycles. The van der Waals surface area contributed by atoms with Crippen LogP contribution in [0.5, 0.6) is 11.5 Å². The van der Waals surface area contributed by atoms with E-state index in [0.29, 0.717) is 6.04 Å². The van der Waals surface area contributed by atoms with E-state index in [2.05, 4.69) is 53.3 Å². The number of ether oxygens (including phenoxy) is 1. The largest absolute Gasteiger partial charge is 0.457 e. The second kappa shape index (κ2) is 8.20. The molecule has 0 aliphatic rings. The van der Waals surface area contributed by atoms with Crippen LogP contribution in [0.3, 0.4) is 0 Å². The molecule has 2 aromatic rings. The Kier molecular flexibility index (Phi) is 6.27. The molecule has 0 spiro atoms. The van der Waals surface area contributed by atoms with Crippen molar-refractivity contribution in [3.63, 3.8) is 0 Å². The molecule has 0 saturated heterocycles. The van der Waals surface area contributed by atoms with Crippen LogP contribution in [-0.4, -0.2) is 6.54 Å². The Balaban J connectivity index is 2.13. The van der Waals surface area contributed by atoms with E-state index in [-0.39, 0.29) is 0 Å². The van der Waals surface area contributed by atoms with Crippen molar-refractivity contribution in [2.45, 2.75) is 32.7 Å². The molecule has 21 heavy (non-hydrogen) atoms. The Morgan fingerprint density at radius 1 is 1.05 bits per heavy atom. The SMILES string of the molecule is CCCNC(CC)c1cccc(Oc2cccc(Br)c2)c1. The molecule has 0 radical (unpaired) electrons. The van der Waals surface area contributed by atoms with E-state index in [9.17, 15) is 0 Å². The first-order valence-corrected chi connectivity index (χ1v) is 8.29. The van der Waals surface area contributed by atoms with Crippen LogP contribution in [0.15, 0.2) is 53.0 Å². The topological polar surface area (TPSA) is 21.3 Å². The highest BCUT2D eigenvalue weighted by molar-refractivity contribution is 9.10. The lowest BCUT2D eigenvalue weighted by Gasteiger charge is -2.18. The van der Waals surface area contributed by atoms with E-state index in [1.807, 2.05) is 30.3 Å². The molecule has 1 atom stereocenters. The van der Waals surface area contributed by atoms with Gasteiger partial charge < -0.3 is 10.1 Å². The highest BCUT2D eigenvalue weighted by atomic mass is 79.9. The predicted octanol–water partition coefficient (Wildman–Crippen LogP) is 5.69. The second-order valence-electron chi connectivity index (χ2n) is 5.05. The number of hydrogen-bond acceptors (Lipinski definition) is 2. The first-order chi connectivity index (χ1) is 10.2. The summed E-state index contributed by atoms with van der Waals surface area (Å²) in [4.78, 5) is 0. The van der Waals surface area contributed by atoms with Crippen LogP contribution >= 0.6 is 15.9 Å². The minimum Gasteiger partial charge on any atom is -0.457 e. The maximum absolute atomic E-state index is 5.94. The fraction of sp³-hybridized carbons (Fsp3) is 0.333. The number of benzene rings is 2. The lowest BCUT2D eigenvalue weighted by Crippen LogP contribution is -2.21. The molecule has 112 valence electrons. The van der Waals surface area contributed by atoms with Gasteiger partial charge in [0, 0.05) is 10.5 Å². The molecule has 1 unspecified atom stereocenters. The monoisotopic (exact) mass is 347 g/mol. The Labute approximate surface area is 135 Å². The van der Waals surface area contributed by atoms with Crippen LogP contribution in [0, 0.1) is 0 Å². The quantitative estimate of drug-likeness (QED) is 0.694. The molecule has 0 amide bonds. The van der Waals surface area contributed by atoms with Crippen LogP contribution in [0.2, 0.25) is 0 Å².